The Morgan fingerprint density at radius 2 is 1.86 bits per heavy atom. The number of carbonyl (C=O) groups is 1. The third-order valence-corrected chi connectivity index (χ3v) is 4.50. The number of rotatable bonds is 2. The van der Waals surface area contributed by atoms with Gasteiger partial charge in [-0.25, -0.2) is 4.98 Å². The van der Waals surface area contributed by atoms with Crippen molar-refractivity contribution < 1.29 is 4.79 Å². The summed E-state index contributed by atoms with van der Waals surface area (Å²) in [6.45, 7) is 3.52. The van der Waals surface area contributed by atoms with Crippen molar-refractivity contribution in [3.63, 3.8) is 0 Å². The standard InChI is InChI=1S/C16H24N4O/c17-13-6-11-20(12-7-13)16(21)14-5-4-8-18-15(14)19-9-2-1-3-10-19/h4-5,8,13H,1-3,6-7,9-12,17H2. The number of carbonyl (C=O) groups excluding carboxylic acids is 1. The van der Waals surface area contributed by atoms with Crippen molar-refractivity contribution >= 4 is 11.7 Å². The molecule has 114 valence electrons. The predicted molar refractivity (Wildman–Crippen MR) is 83.4 cm³/mol. The number of pyridine rings is 1. The topological polar surface area (TPSA) is 62.5 Å². The first-order valence-corrected chi connectivity index (χ1v) is 8.00. The van der Waals surface area contributed by atoms with Gasteiger partial charge >= 0.3 is 0 Å². The van der Waals surface area contributed by atoms with Crippen LogP contribution in [0, 0.1) is 0 Å². The molecule has 1 amide bonds. The normalized spacial score (nSPS) is 20.6. The molecule has 3 rings (SSSR count). The number of piperidine rings is 2. The molecule has 5 nitrogen and oxygen atoms in total. The van der Waals surface area contributed by atoms with Gasteiger partial charge in [0, 0.05) is 38.4 Å². The van der Waals surface area contributed by atoms with Crippen LogP contribution in [-0.2, 0) is 0 Å². The Morgan fingerprint density at radius 1 is 1.14 bits per heavy atom. The zero-order valence-corrected chi connectivity index (χ0v) is 12.5. The van der Waals surface area contributed by atoms with Gasteiger partial charge in [0.2, 0.25) is 0 Å². The van der Waals surface area contributed by atoms with E-state index >= 15 is 0 Å². The summed E-state index contributed by atoms with van der Waals surface area (Å²) in [5.74, 6) is 0.965. The molecular weight excluding hydrogens is 264 g/mol. The van der Waals surface area contributed by atoms with Crippen LogP contribution in [0.25, 0.3) is 0 Å². The van der Waals surface area contributed by atoms with Gasteiger partial charge in [-0.1, -0.05) is 0 Å². The first-order valence-electron chi connectivity index (χ1n) is 8.00. The van der Waals surface area contributed by atoms with E-state index < -0.39 is 0 Å². The van der Waals surface area contributed by atoms with Gasteiger partial charge in [0.25, 0.3) is 5.91 Å². The molecule has 0 aromatic carbocycles. The summed E-state index contributed by atoms with van der Waals surface area (Å²) in [4.78, 5) is 21.5. The highest BCUT2D eigenvalue weighted by molar-refractivity contribution is 5.99. The van der Waals surface area contributed by atoms with Crippen molar-refractivity contribution in [3.8, 4) is 0 Å². The Hall–Kier alpha value is -1.62. The van der Waals surface area contributed by atoms with Crippen LogP contribution >= 0.6 is 0 Å². The molecule has 0 saturated carbocycles. The SMILES string of the molecule is NC1CCN(C(=O)c2cccnc2N2CCCCC2)CC1. The summed E-state index contributed by atoms with van der Waals surface area (Å²) < 4.78 is 0. The Morgan fingerprint density at radius 3 is 2.57 bits per heavy atom. The number of likely N-dealkylation sites (tertiary alicyclic amines) is 1. The van der Waals surface area contributed by atoms with Crippen LogP contribution in [-0.4, -0.2) is 48.0 Å². The lowest BCUT2D eigenvalue weighted by atomic mass is 10.0. The Balaban J connectivity index is 1.79. The zero-order chi connectivity index (χ0) is 14.7. The van der Waals surface area contributed by atoms with E-state index in [0.717, 1.165) is 50.4 Å². The third-order valence-electron chi connectivity index (χ3n) is 4.50. The number of hydrogen-bond acceptors (Lipinski definition) is 4. The molecule has 0 bridgehead atoms. The summed E-state index contributed by atoms with van der Waals surface area (Å²) in [7, 11) is 0. The molecule has 2 fully saturated rings. The lowest BCUT2D eigenvalue weighted by Crippen LogP contribution is -2.43. The molecule has 3 heterocycles. The maximum atomic E-state index is 12.8. The second-order valence-corrected chi connectivity index (χ2v) is 6.05. The van der Waals surface area contributed by atoms with Gasteiger partial charge < -0.3 is 15.5 Å². The molecule has 0 radical (unpaired) electrons. The summed E-state index contributed by atoms with van der Waals surface area (Å²) in [5.41, 5.74) is 6.67. The molecule has 0 atom stereocenters. The van der Waals surface area contributed by atoms with Crippen LogP contribution < -0.4 is 10.6 Å². The fourth-order valence-corrected chi connectivity index (χ4v) is 3.19. The number of hydrogen-bond donors (Lipinski definition) is 1. The molecule has 0 aliphatic carbocycles. The predicted octanol–water partition coefficient (Wildman–Crippen LogP) is 1.64. The van der Waals surface area contributed by atoms with Crippen molar-refractivity contribution in [2.24, 2.45) is 5.73 Å². The van der Waals surface area contributed by atoms with Crippen molar-refractivity contribution in [1.29, 1.82) is 0 Å². The van der Waals surface area contributed by atoms with Crippen molar-refractivity contribution in [3.05, 3.63) is 23.9 Å². The molecule has 0 unspecified atom stereocenters. The van der Waals surface area contributed by atoms with Gasteiger partial charge in [-0.2, -0.15) is 0 Å². The van der Waals surface area contributed by atoms with Gasteiger partial charge in [-0.3, -0.25) is 4.79 Å². The first-order chi connectivity index (χ1) is 10.3. The highest BCUT2D eigenvalue weighted by Crippen LogP contribution is 2.23. The third kappa shape index (κ3) is 3.18. The minimum atomic E-state index is 0.107. The van der Waals surface area contributed by atoms with Crippen LogP contribution in [0.4, 0.5) is 5.82 Å². The van der Waals surface area contributed by atoms with E-state index in [-0.39, 0.29) is 11.9 Å². The fraction of sp³-hybridized carbons (Fsp3) is 0.625. The second kappa shape index (κ2) is 6.43. The van der Waals surface area contributed by atoms with Gasteiger partial charge in [0.15, 0.2) is 0 Å². The molecule has 2 aliphatic heterocycles. The van der Waals surface area contributed by atoms with Crippen molar-refractivity contribution in [2.45, 2.75) is 38.1 Å². The van der Waals surface area contributed by atoms with Gasteiger partial charge in [0.1, 0.15) is 5.82 Å². The molecule has 0 spiro atoms. The number of aromatic nitrogens is 1. The van der Waals surface area contributed by atoms with Crippen LogP contribution in [0.3, 0.4) is 0 Å². The number of nitrogens with zero attached hydrogens (tertiary/aromatic N) is 3. The van der Waals surface area contributed by atoms with E-state index in [1.165, 1.54) is 19.3 Å². The molecule has 2 N–H and O–H groups in total. The molecule has 21 heavy (non-hydrogen) atoms. The van der Waals surface area contributed by atoms with Gasteiger partial charge in [-0.05, 0) is 44.2 Å². The highest BCUT2D eigenvalue weighted by Gasteiger charge is 2.26. The van der Waals surface area contributed by atoms with E-state index in [1.807, 2.05) is 17.0 Å². The Labute approximate surface area is 126 Å². The van der Waals surface area contributed by atoms with Gasteiger partial charge in [0.05, 0.1) is 5.56 Å². The van der Waals surface area contributed by atoms with Gasteiger partial charge in [-0.15, -0.1) is 0 Å². The summed E-state index contributed by atoms with van der Waals surface area (Å²) in [5, 5.41) is 0. The average Bonchev–Trinajstić information content (AvgIpc) is 2.56. The summed E-state index contributed by atoms with van der Waals surface area (Å²) in [6.07, 6.45) is 7.21. The summed E-state index contributed by atoms with van der Waals surface area (Å²) >= 11 is 0. The smallest absolute Gasteiger partial charge is 0.257 e. The molecule has 1 aromatic heterocycles. The molecule has 5 heteroatoms. The maximum Gasteiger partial charge on any atom is 0.257 e. The van der Waals surface area contributed by atoms with E-state index in [9.17, 15) is 4.79 Å². The Bertz CT molecular complexity index is 491. The van der Waals surface area contributed by atoms with E-state index in [1.54, 1.807) is 6.20 Å². The minimum Gasteiger partial charge on any atom is -0.356 e. The number of nitrogens with two attached hydrogens (primary N) is 1. The average molecular weight is 288 g/mol. The maximum absolute atomic E-state index is 12.8. The molecular formula is C16H24N4O. The second-order valence-electron chi connectivity index (χ2n) is 6.05. The van der Waals surface area contributed by atoms with Crippen LogP contribution in [0.15, 0.2) is 18.3 Å². The summed E-state index contributed by atoms with van der Waals surface area (Å²) in [6, 6.07) is 4.01. The fourth-order valence-electron chi connectivity index (χ4n) is 3.19. The molecule has 2 saturated heterocycles. The first kappa shape index (κ1) is 14.3. The molecule has 1 aromatic rings. The zero-order valence-electron chi connectivity index (χ0n) is 12.5. The molecule has 2 aliphatic rings. The lowest BCUT2D eigenvalue weighted by molar-refractivity contribution is 0.0715. The Kier molecular flexibility index (Phi) is 4.39. The number of amides is 1. The van der Waals surface area contributed by atoms with Crippen molar-refractivity contribution in [2.75, 3.05) is 31.1 Å². The van der Waals surface area contributed by atoms with E-state index in [4.69, 9.17) is 5.73 Å². The van der Waals surface area contributed by atoms with E-state index in [0.29, 0.717) is 0 Å². The van der Waals surface area contributed by atoms with Crippen LogP contribution in [0.2, 0.25) is 0 Å². The lowest BCUT2D eigenvalue weighted by Gasteiger charge is -2.33. The monoisotopic (exact) mass is 288 g/mol. The highest BCUT2D eigenvalue weighted by atomic mass is 16.2. The number of anilines is 1. The van der Waals surface area contributed by atoms with E-state index in [2.05, 4.69) is 9.88 Å². The minimum absolute atomic E-state index is 0.107. The van der Waals surface area contributed by atoms with Crippen molar-refractivity contribution in [1.82, 2.24) is 9.88 Å². The quantitative estimate of drug-likeness (QED) is 0.898. The van der Waals surface area contributed by atoms with Crippen LogP contribution in [0.5, 0.6) is 0 Å². The largest absolute Gasteiger partial charge is 0.356 e. The van der Waals surface area contributed by atoms with Crippen LogP contribution in [0.1, 0.15) is 42.5 Å².